The van der Waals surface area contributed by atoms with Gasteiger partial charge in [-0.15, -0.1) is 0 Å². The van der Waals surface area contributed by atoms with Gasteiger partial charge in [0.05, 0.1) is 19.3 Å². The van der Waals surface area contributed by atoms with Gasteiger partial charge in [-0.2, -0.15) is 0 Å². The molecule has 1 aliphatic heterocycles. The zero-order valence-electron chi connectivity index (χ0n) is 14.9. The van der Waals surface area contributed by atoms with Crippen LogP contribution in [0.2, 0.25) is 0 Å². The molecule has 1 N–H and O–H groups in total. The van der Waals surface area contributed by atoms with E-state index in [9.17, 15) is 4.79 Å². The van der Waals surface area contributed by atoms with E-state index in [2.05, 4.69) is 43.4 Å². The van der Waals surface area contributed by atoms with Crippen LogP contribution in [0.15, 0.2) is 24.3 Å². The van der Waals surface area contributed by atoms with Gasteiger partial charge in [-0.25, -0.2) is 0 Å². The molecule has 4 heteroatoms. The number of fused-ring (bicyclic) bond motifs is 1. The lowest BCUT2D eigenvalue weighted by Crippen LogP contribution is -2.51. The van der Waals surface area contributed by atoms with E-state index in [1.165, 1.54) is 11.1 Å². The van der Waals surface area contributed by atoms with Gasteiger partial charge >= 0.3 is 0 Å². The predicted molar refractivity (Wildman–Crippen MR) is 91.6 cm³/mol. The van der Waals surface area contributed by atoms with Gasteiger partial charge in [0, 0.05) is 25.2 Å². The average Bonchev–Trinajstić information content (AvgIpc) is 3.07. The highest BCUT2D eigenvalue weighted by Gasteiger charge is 2.61. The van der Waals surface area contributed by atoms with Gasteiger partial charge in [-0.05, 0) is 29.4 Å². The van der Waals surface area contributed by atoms with E-state index in [1.807, 2.05) is 0 Å². The van der Waals surface area contributed by atoms with Crippen LogP contribution in [0.4, 0.5) is 0 Å². The zero-order valence-corrected chi connectivity index (χ0v) is 14.9. The van der Waals surface area contributed by atoms with Gasteiger partial charge in [0.15, 0.2) is 5.79 Å². The van der Waals surface area contributed by atoms with Crippen LogP contribution in [-0.2, 0) is 19.7 Å². The highest BCUT2D eigenvalue weighted by atomic mass is 16.7. The van der Waals surface area contributed by atoms with Crippen LogP contribution in [0, 0.1) is 5.41 Å². The summed E-state index contributed by atoms with van der Waals surface area (Å²) in [5, 5.41) is 3.27. The molecule has 1 aromatic carbocycles. The summed E-state index contributed by atoms with van der Waals surface area (Å²) in [6.07, 6.45) is 3.81. The first-order valence-corrected chi connectivity index (χ1v) is 9.05. The number of benzene rings is 1. The molecule has 130 valence electrons. The van der Waals surface area contributed by atoms with E-state index in [0.717, 1.165) is 25.7 Å². The summed E-state index contributed by atoms with van der Waals surface area (Å²) in [5.74, 6) is -0.336. The standard InChI is InChI=1S/C20H27NO3/c1-14(22)21-17-15-6-4-5-7-16(15)18(2,3)19(17)8-10-20(11-9-19)23-12-13-24-20/h4-7,17H,8-13H2,1-3H3,(H,21,22)/t17-/m1/s1. The second-order valence-corrected chi connectivity index (χ2v) is 8.11. The highest BCUT2D eigenvalue weighted by Crippen LogP contribution is 2.65. The Labute approximate surface area is 143 Å². The van der Waals surface area contributed by atoms with E-state index in [-0.39, 0.29) is 28.6 Å². The Morgan fingerprint density at radius 2 is 1.71 bits per heavy atom. The third-order valence-electron chi connectivity index (χ3n) is 6.81. The maximum absolute atomic E-state index is 11.9. The van der Waals surface area contributed by atoms with Gasteiger partial charge in [-0.3, -0.25) is 4.79 Å². The van der Waals surface area contributed by atoms with Crippen molar-refractivity contribution in [1.82, 2.24) is 5.32 Å². The lowest BCUT2D eigenvalue weighted by atomic mass is 9.56. The van der Waals surface area contributed by atoms with Crippen LogP contribution in [0.25, 0.3) is 0 Å². The minimum Gasteiger partial charge on any atom is -0.349 e. The van der Waals surface area contributed by atoms with Gasteiger partial charge in [0.2, 0.25) is 5.91 Å². The molecule has 1 saturated carbocycles. The smallest absolute Gasteiger partial charge is 0.217 e. The molecule has 2 fully saturated rings. The number of carbonyl (C=O) groups excluding carboxylic acids is 1. The number of carbonyl (C=O) groups is 1. The molecular weight excluding hydrogens is 302 g/mol. The Morgan fingerprint density at radius 1 is 1.08 bits per heavy atom. The number of nitrogens with one attached hydrogen (secondary N) is 1. The van der Waals surface area contributed by atoms with E-state index in [0.29, 0.717) is 13.2 Å². The molecule has 0 aromatic heterocycles. The van der Waals surface area contributed by atoms with Crippen LogP contribution in [0.1, 0.15) is 63.6 Å². The van der Waals surface area contributed by atoms with Crippen molar-refractivity contribution >= 4 is 5.91 Å². The predicted octanol–water partition coefficient (Wildman–Crippen LogP) is 3.46. The van der Waals surface area contributed by atoms with E-state index < -0.39 is 0 Å². The Bertz CT molecular complexity index is 651. The largest absolute Gasteiger partial charge is 0.349 e. The van der Waals surface area contributed by atoms with Crippen molar-refractivity contribution in [1.29, 1.82) is 0 Å². The molecule has 1 saturated heterocycles. The second-order valence-electron chi connectivity index (χ2n) is 8.11. The van der Waals surface area contributed by atoms with Crippen molar-refractivity contribution in [3.63, 3.8) is 0 Å². The van der Waals surface area contributed by atoms with E-state index >= 15 is 0 Å². The third-order valence-corrected chi connectivity index (χ3v) is 6.81. The molecule has 4 rings (SSSR count). The van der Waals surface area contributed by atoms with Crippen LogP contribution >= 0.6 is 0 Å². The number of amides is 1. The topological polar surface area (TPSA) is 47.6 Å². The highest BCUT2D eigenvalue weighted by molar-refractivity contribution is 5.74. The molecule has 0 radical (unpaired) electrons. The van der Waals surface area contributed by atoms with Gasteiger partial charge in [-0.1, -0.05) is 38.1 Å². The first-order chi connectivity index (χ1) is 11.4. The van der Waals surface area contributed by atoms with Crippen molar-refractivity contribution in [2.75, 3.05) is 13.2 Å². The molecule has 1 heterocycles. The van der Waals surface area contributed by atoms with Crippen molar-refractivity contribution in [3.05, 3.63) is 35.4 Å². The summed E-state index contributed by atoms with van der Waals surface area (Å²) in [6.45, 7) is 7.69. The fraction of sp³-hybridized carbons (Fsp3) is 0.650. The summed E-state index contributed by atoms with van der Waals surface area (Å²) in [6, 6.07) is 8.67. The first kappa shape index (κ1) is 16.1. The quantitative estimate of drug-likeness (QED) is 0.858. The third kappa shape index (κ3) is 2.09. The monoisotopic (exact) mass is 329 g/mol. The second kappa shape index (κ2) is 5.30. The first-order valence-electron chi connectivity index (χ1n) is 9.05. The minimum absolute atomic E-state index is 0.0108. The van der Waals surface area contributed by atoms with Crippen molar-refractivity contribution in [3.8, 4) is 0 Å². The van der Waals surface area contributed by atoms with Crippen LogP contribution in [-0.4, -0.2) is 24.9 Å². The number of rotatable bonds is 1. The molecule has 0 unspecified atom stereocenters. The fourth-order valence-electron chi connectivity index (χ4n) is 5.44. The molecule has 1 amide bonds. The Balaban J connectivity index is 1.74. The number of ether oxygens (including phenoxy) is 2. The van der Waals surface area contributed by atoms with Crippen molar-refractivity contribution in [2.45, 2.75) is 63.7 Å². The maximum atomic E-state index is 11.9. The summed E-state index contributed by atoms with van der Waals surface area (Å²) in [4.78, 5) is 11.9. The fourth-order valence-corrected chi connectivity index (χ4v) is 5.44. The maximum Gasteiger partial charge on any atom is 0.217 e. The SMILES string of the molecule is CC(=O)N[C@@H]1c2ccccc2C(C)(C)C12CCC1(CC2)OCCO1. The normalized spacial score (nSPS) is 28.9. The summed E-state index contributed by atoms with van der Waals surface area (Å²) >= 11 is 0. The van der Waals surface area contributed by atoms with E-state index in [4.69, 9.17) is 9.47 Å². The van der Waals surface area contributed by atoms with Gasteiger partial charge in [0.25, 0.3) is 0 Å². The van der Waals surface area contributed by atoms with Crippen LogP contribution in [0.3, 0.4) is 0 Å². The number of hydrogen-bond donors (Lipinski definition) is 1. The van der Waals surface area contributed by atoms with Crippen molar-refractivity contribution in [2.24, 2.45) is 5.41 Å². The Morgan fingerprint density at radius 3 is 2.33 bits per heavy atom. The summed E-state index contributed by atoms with van der Waals surface area (Å²) in [5.41, 5.74) is 2.68. The molecular formula is C20H27NO3. The van der Waals surface area contributed by atoms with Crippen LogP contribution < -0.4 is 5.32 Å². The molecule has 0 bridgehead atoms. The minimum atomic E-state index is -0.378. The lowest BCUT2D eigenvalue weighted by molar-refractivity contribution is -0.199. The molecule has 3 aliphatic rings. The van der Waals surface area contributed by atoms with Gasteiger partial charge in [0.1, 0.15) is 0 Å². The molecule has 24 heavy (non-hydrogen) atoms. The van der Waals surface area contributed by atoms with E-state index in [1.54, 1.807) is 6.92 Å². The molecule has 2 spiro atoms. The Hall–Kier alpha value is -1.39. The van der Waals surface area contributed by atoms with Crippen molar-refractivity contribution < 1.29 is 14.3 Å². The summed E-state index contributed by atoms with van der Waals surface area (Å²) in [7, 11) is 0. The van der Waals surface area contributed by atoms with Crippen LogP contribution in [0.5, 0.6) is 0 Å². The zero-order chi connectivity index (χ0) is 17.0. The molecule has 1 atom stereocenters. The number of hydrogen-bond acceptors (Lipinski definition) is 3. The lowest BCUT2D eigenvalue weighted by Gasteiger charge is -2.51. The summed E-state index contributed by atoms with van der Waals surface area (Å²) < 4.78 is 11.9. The molecule has 2 aliphatic carbocycles. The molecule has 4 nitrogen and oxygen atoms in total. The molecule has 1 aromatic rings. The van der Waals surface area contributed by atoms with Gasteiger partial charge < -0.3 is 14.8 Å². The Kier molecular flexibility index (Phi) is 3.56. The average molecular weight is 329 g/mol.